The smallest absolute Gasteiger partial charge is 0.251 e. The minimum absolute atomic E-state index is 0.101. The van der Waals surface area contributed by atoms with Crippen molar-refractivity contribution in [2.45, 2.75) is 44.7 Å². The van der Waals surface area contributed by atoms with Crippen molar-refractivity contribution in [3.8, 4) is 0 Å². The van der Waals surface area contributed by atoms with Crippen molar-refractivity contribution in [1.29, 1.82) is 0 Å². The van der Waals surface area contributed by atoms with E-state index in [2.05, 4.69) is 38.1 Å². The van der Waals surface area contributed by atoms with Crippen LogP contribution < -0.4 is 20.9 Å². The Hall–Kier alpha value is -3.76. The number of nitrogens with one attached hydrogen (secondary N) is 3. The summed E-state index contributed by atoms with van der Waals surface area (Å²) in [6, 6.07) is 19.8. The van der Waals surface area contributed by atoms with Crippen molar-refractivity contribution in [3.05, 3.63) is 71.8 Å². The maximum absolute atomic E-state index is 12.0. The van der Waals surface area contributed by atoms with E-state index in [1.807, 2.05) is 48.3 Å². The minimum Gasteiger partial charge on any atom is -0.377 e. The van der Waals surface area contributed by atoms with Gasteiger partial charge in [-0.2, -0.15) is 15.0 Å². The maximum atomic E-state index is 12.0. The van der Waals surface area contributed by atoms with Crippen molar-refractivity contribution in [1.82, 2.24) is 20.3 Å². The molecule has 1 heterocycles. The first-order chi connectivity index (χ1) is 19.7. The predicted octanol–water partition coefficient (Wildman–Crippen LogP) is 4.13. The van der Waals surface area contributed by atoms with E-state index in [9.17, 15) is 4.79 Å². The van der Waals surface area contributed by atoms with Crippen molar-refractivity contribution < 1.29 is 14.3 Å². The highest BCUT2D eigenvalue weighted by Crippen LogP contribution is 2.22. The normalized spacial score (nSPS) is 13.5. The molecule has 1 aliphatic rings. The van der Waals surface area contributed by atoms with Crippen molar-refractivity contribution in [2.24, 2.45) is 0 Å². The minimum atomic E-state index is -0.101. The fourth-order valence-electron chi connectivity index (χ4n) is 4.52. The Balaban J connectivity index is 1.18. The average Bonchev–Trinajstić information content (AvgIpc) is 2.99. The van der Waals surface area contributed by atoms with E-state index in [1.54, 1.807) is 12.1 Å². The summed E-state index contributed by atoms with van der Waals surface area (Å²) in [5, 5.41) is 9.65. The molecule has 214 valence electrons. The van der Waals surface area contributed by atoms with Crippen LogP contribution in [0.5, 0.6) is 0 Å². The summed E-state index contributed by atoms with van der Waals surface area (Å²) in [6.45, 7) is 3.55. The Labute approximate surface area is 236 Å². The zero-order valence-corrected chi connectivity index (χ0v) is 23.3. The number of carbonyl (C=O) groups excluding carboxylic acids is 1. The molecule has 3 N–H and O–H groups in total. The summed E-state index contributed by atoms with van der Waals surface area (Å²) in [5.41, 5.74) is 1.83. The highest BCUT2D eigenvalue weighted by molar-refractivity contribution is 5.94. The van der Waals surface area contributed by atoms with Crippen molar-refractivity contribution in [3.63, 3.8) is 0 Å². The lowest BCUT2D eigenvalue weighted by molar-refractivity contribution is 0.0519. The van der Waals surface area contributed by atoms with Crippen LogP contribution in [0, 0.1) is 0 Å². The SMILES string of the molecule is CN(Cc1ccccc1)c1nc(NCCOCCOCCNC(=O)c2ccccc2)nc(NC2CCCCC2)n1. The Morgan fingerprint density at radius 3 is 2.20 bits per heavy atom. The van der Waals surface area contributed by atoms with Crippen LogP contribution in [0.3, 0.4) is 0 Å². The molecule has 1 amide bonds. The van der Waals surface area contributed by atoms with E-state index in [-0.39, 0.29) is 5.91 Å². The largest absolute Gasteiger partial charge is 0.377 e. The first-order valence-electron chi connectivity index (χ1n) is 14.2. The number of carbonyl (C=O) groups is 1. The molecule has 1 saturated carbocycles. The number of hydrogen-bond acceptors (Lipinski definition) is 9. The number of benzene rings is 2. The summed E-state index contributed by atoms with van der Waals surface area (Å²) in [6.07, 6.45) is 6.04. The second-order valence-electron chi connectivity index (χ2n) is 9.88. The molecule has 0 aliphatic heterocycles. The van der Waals surface area contributed by atoms with Crippen molar-refractivity contribution >= 4 is 23.8 Å². The van der Waals surface area contributed by atoms with Crippen molar-refractivity contribution in [2.75, 3.05) is 62.1 Å². The van der Waals surface area contributed by atoms with Crippen LogP contribution in [-0.2, 0) is 16.0 Å². The lowest BCUT2D eigenvalue weighted by Gasteiger charge is -2.24. The lowest BCUT2D eigenvalue weighted by Crippen LogP contribution is -2.27. The first-order valence-corrected chi connectivity index (χ1v) is 14.2. The van der Waals surface area contributed by atoms with Crippen LogP contribution in [0.15, 0.2) is 60.7 Å². The van der Waals surface area contributed by atoms with Crippen LogP contribution in [0.1, 0.15) is 48.0 Å². The summed E-state index contributed by atoms with van der Waals surface area (Å²) in [5.74, 6) is 1.65. The monoisotopic (exact) mass is 547 g/mol. The maximum Gasteiger partial charge on any atom is 0.251 e. The van der Waals surface area contributed by atoms with Gasteiger partial charge in [0.1, 0.15) is 0 Å². The Morgan fingerprint density at radius 2 is 1.48 bits per heavy atom. The number of aromatic nitrogens is 3. The van der Waals surface area contributed by atoms with Gasteiger partial charge in [0.15, 0.2) is 0 Å². The number of nitrogens with zero attached hydrogens (tertiary/aromatic N) is 4. The van der Waals surface area contributed by atoms with Crippen LogP contribution >= 0.6 is 0 Å². The predicted molar refractivity (Wildman–Crippen MR) is 158 cm³/mol. The van der Waals surface area contributed by atoms with Gasteiger partial charge in [-0.25, -0.2) is 0 Å². The standard InChI is InChI=1S/C30H41N7O3/c1-37(23-24-11-5-2-6-12-24)30-35-28(34-29(36-30)33-26-15-9-4-10-16-26)32-18-20-40-22-21-39-19-17-31-27(38)25-13-7-3-8-14-25/h2-3,5-8,11-14,26H,4,9-10,15-23H2,1H3,(H,31,38)(H2,32,33,34,35,36). The van der Waals surface area contributed by atoms with Gasteiger partial charge < -0.3 is 30.3 Å². The van der Waals surface area contributed by atoms with Gasteiger partial charge in [0.25, 0.3) is 5.91 Å². The Kier molecular flexibility index (Phi) is 12.0. The lowest BCUT2D eigenvalue weighted by atomic mass is 9.96. The summed E-state index contributed by atoms with van der Waals surface area (Å²) >= 11 is 0. The van der Waals surface area contributed by atoms with Crippen LogP contribution in [-0.4, -0.2) is 73.5 Å². The molecule has 0 unspecified atom stereocenters. The molecule has 0 atom stereocenters. The Morgan fingerprint density at radius 1 is 0.825 bits per heavy atom. The van der Waals surface area contributed by atoms with Gasteiger partial charge in [0, 0.05) is 38.3 Å². The average molecular weight is 548 g/mol. The third kappa shape index (κ3) is 10.1. The fourth-order valence-corrected chi connectivity index (χ4v) is 4.52. The molecule has 0 radical (unpaired) electrons. The molecule has 0 bridgehead atoms. The van der Waals surface area contributed by atoms with Gasteiger partial charge >= 0.3 is 0 Å². The molecular formula is C30H41N7O3. The topological polar surface area (TPSA) is 114 Å². The third-order valence-corrected chi connectivity index (χ3v) is 6.64. The van der Waals surface area contributed by atoms with E-state index >= 15 is 0 Å². The molecule has 1 aromatic heterocycles. The van der Waals surface area contributed by atoms with Gasteiger partial charge in [-0.3, -0.25) is 4.79 Å². The second kappa shape index (κ2) is 16.4. The molecule has 0 spiro atoms. The second-order valence-corrected chi connectivity index (χ2v) is 9.88. The van der Waals surface area contributed by atoms with Gasteiger partial charge in [0.05, 0.1) is 26.4 Å². The van der Waals surface area contributed by atoms with Gasteiger partial charge in [-0.15, -0.1) is 0 Å². The summed E-state index contributed by atoms with van der Waals surface area (Å²) < 4.78 is 11.2. The summed E-state index contributed by atoms with van der Waals surface area (Å²) in [7, 11) is 1.99. The molecule has 4 rings (SSSR count). The van der Waals surface area contributed by atoms with Crippen LogP contribution in [0.4, 0.5) is 17.8 Å². The van der Waals surface area contributed by atoms with E-state index < -0.39 is 0 Å². The van der Waals surface area contributed by atoms with E-state index in [4.69, 9.17) is 14.5 Å². The van der Waals surface area contributed by atoms with Gasteiger partial charge in [-0.05, 0) is 30.5 Å². The zero-order chi connectivity index (χ0) is 27.8. The number of anilines is 3. The number of amides is 1. The number of rotatable bonds is 16. The first kappa shape index (κ1) is 29.2. The molecule has 10 nitrogen and oxygen atoms in total. The fraction of sp³-hybridized carbons (Fsp3) is 0.467. The quantitative estimate of drug-likeness (QED) is 0.228. The molecule has 1 fully saturated rings. The Bertz CT molecular complexity index is 1140. The molecule has 0 saturated heterocycles. The van der Waals surface area contributed by atoms with E-state index in [0.717, 1.165) is 12.8 Å². The van der Waals surface area contributed by atoms with Gasteiger partial charge in [-0.1, -0.05) is 67.8 Å². The van der Waals surface area contributed by atoms with Crippen LogP contribution in [0.2, 0.25) is 0 Å². The third-order valence-electron chi connectivity index (χ3n) is 6.64. The molecule has 1 aliphatic carbocycles. The molecule has 3 aromatic rings. The highest BCUT2D eigenvalue weighted by atomic mass is 16.5. The van der Waals surface area contributed by atoms with Crippen LogP contribution in [0.25, 0.3) is 0 Å². The molecule has 2 aromatic carbocycles. The van der Waals surface area contributed by atoms with E-state index in [0.29, 0.717) is 75.5 Å². The number of hydrogen-bond donors (Lipinski definition) is 3. The van der Waals surface area contributed by atoms with Gasteiger partial charge in [0.2, 0.25) is 17.8 Å². The van der Waals surface area contributed by atoms with E-state index in [1.165, 1.54) is 24.8 Å². The molecule has 10 heteroatoms. The molecule has 40 heavy (non-hydrogen) atoms. The zero-order valence-electron chi connectivity index (χ0n) is 23.3. The number of ether oxygens (including phenoxy) is 2. The molecular weight excluding hydrogens is 506 g/mol. The summed E-state index contributed by atoms with van der Waals surface area (Å²) in [4.78, 5) is 28.1. The highest BCUT2D eigenvalue weighted by Gasteiger charge is 2.17.